The highest BCUT2D eigenvalue weighted by molar-refractivity contribution is 5.56. The number of hydroxylamine groups is 1. The van der Waals surface area contributed by atoms with Gasteiger partial charge in [-0.25, -0.2) is 0 Å². The molecule has 0 aliphatic carbocycles. The van der Waals surface area contributed by atoms with Gasteiger partial charge < -0.3 is 14.2 Å². The van der Waals surface area contributed by atoms with Crippen LogP contribution in [0.15, 0.2) is 18.2 Å². The van der Waals surface area contributed by atoms with Gasteiger partial charge in [0.25, 0.3) is 0 Å². The van der Waals surface area contributed by atoms with Gasteiger partial charge in [0, 0.05) is 12.8 Å². The Hall–Kier alpha value is -1.14. The van der Waals surface area contributed by atoms with Crippen LogP contribution in [0.25, 0.3) is 0 Å². The third-order valence-corrected chi connectivity index (χ3v) is 3.99. The zero-order chi connectivity index (χ0) is 13.5. The van der Waals surface area contributed by atoms with Gasteiger partial charge in [0.05, 0.1) is 44.3 Å². The smallest absolute Gasteiger partial charge is 0.101 e. The Morgan fingerprint density at radius 1 is 1.00 bits per heavy atom. The van der Waals surface area contributed by atoms with Gasteiger partial charge in [0.2, 0.25) is 0 Å². The Balaban J connectivity index is 1.59. The second-order valence-corrected chi connectivity index (χ2v) is 5.77. The van der Waals surface area contributed by atoms with Crippen LogP contribution in [0.1, 0.15) is 11.1 Å². The Kier molecular flexibility index (Phi) is 3.15. The van der Waals surface area contributed by atoms with E-state index in [0.29, 0.717) is 18.8 Å². The summed E-state index contributed by atoms with van der Waals surface area (Å²) in [5, 5.41) is 11.6. The van der Waals surface area contributed by atoms with Gasteiger partial charge in [-0.1, -0.05) is 12.1 Å². The summed E-state index contributed by atoms with van der Waals surface area (Å²) in [7, 11) is 0. The van der Waals surface area contributed by atoms with Crippen molar-refractivity contribution in [3.63, 3.8) is 0 Å². The summed E-state index contributed by atoms with van der Waals surface area (Å²) in [4.78, 5) is 0. The molecule has 1 aromatic rings. The molecular formula is C15H19NO4. The fraction of sp³-hybridized carbons (Fsp3) is 0.600. The summed E-state index contributed by atoms with van der Waals surface area (Å²) in [6.45, 7) is 2.95. The predicted octanol–water partition coefficient (Wildman–Crippen LogP) is 1.16. The average molecular weight is 277 g/mol. The molecule has 0 radical (unpaired) electrons. The molecule has 0 aromatic heterocycles. The number of nitrogens with zero attached hydrogens (tertiary/aromatic N) is 1. The van der Waals surface area contributed by atoms with Crippen molar-refractivity contribution in [2.75, 3.05) is 31.4 Å². The summed E-state index contributed by atoms with van der Waals surface area (Å²) in [6.07, 6.45) is 2.61. The van der Waals surface area contributed by atoms with Crippen molar-refractivity contribution in [1.82, 2.24) is 0 Å². The van der Waals surface area contributed by atoms with E-state index in [1.165, 1.54) is 16.2 Å². The van der Waals surface area contributed by atoms with Gasteiger partial charge in [-0.15, -0.1) is 0 Å². The van der Waals surface area contributed by atoms with Crippen LogP contribution in [0, 0.1) is 0 Å². The monoisotopic (exact) mass is 277 g/mol. The maximum Gasteiger partial charge on any atom is 0.101 e. The summed E-state index contributed by atoms with van der Waals surface area (Å²) >= 11 is 0. The molecule has 3 saturated heterocycles. The van der Waals surface area contributed by atoms with Crippen molar-refractivity contribution < 1.29 is 19.4 Å². The van der Waals surface area contributed by atoms with E-state index in [9.17, 15) is 5.21 Å². The fourth-order valence-corrected chi connectivity index (χ4v) is 2.60. The number of ether oxygens (including phenoxy) is 3. The van der Waals surface area contributed by atoms with Crippen molar-refractivity contribution in [3.05, 3.63) is 29.3 Å². The molecule has 4 rings (SSSR count). The second kappa shape index (κ2) is 5.00. The number of epoxide rings is 3. The molecule has 108 valence electrons. The largest absolute Gasteiger partial charge is 0.373 e. The maximum absolute atomic E-state index is 10.3. The van der Waals surface area contributed by atoms with Gasteiger partial charge in [0.1, 0.15) is 6.10 Å². The first-order chi connectivity index (χ1) is 9.79. The summed E-state index contributed by atoms with van der Waals surface area (Å²) in [6, 6.07) is 6.10. The third-order valence-electron chi connectivity index (χ3n) is 3.99. The van der Waals surface area contributed by atoms with E-state index >= 15 is 0 Å². The van der Waals surface area contributed by atoms with E-state index < -0.39 is 0 Å². The number of rotatable bonds is 7. The third kappa shape index (κ3) is 2.96. The normalized spacial score (nSPS) is 30.1. The molecule has 5 nitrogen and oxygen atoms in total. The average Bonchev–Trinajstić information content (AvgIpc) is 3.24. The van der Waals surface area contributed by atoms with E-state index in [-0.39, 0.29) is 6.10 Å². The molecule has 0 bridgehead atoms. The molecule has 1 N–H and O–H groups in total. The number of hydrogen-bond acceptors (Lipinski definition) is 5. The molecule has 3 aliphatic heterocycles. The lowest BCUT2D eigenvalue weighted by Gasteiger charge is -2.21. The molecule has 20 heavy (non-hydrogen) atoms. The molecule has 1 aromatic carbocycles. The van der Waals surface area contributed by atoms with Crippen molar-refractivity contribution in [2.24, 2.45) is 0 Å². The van der Waals surface area contributed by atoms with Crippen LogP contribution in [-0.4, -0.2) is 49.9 Å². The highest BCUT2D eigenvalue weighted by atomic mass is 16.6. The van der Waals surface area contributed by atoms with Crippen LogP contribution in [-0.2, 0) is 27.1 Å². The first-order valence-electron chi connectivity index (χ1n) is 7.21. The van der Waals surface area contributed by atoms with Gasteiger partial charge in [-0.2, -0.15) is 0 Å². The Labute approximate surface area is 118 Å². The lowest BCUT2D eigenvalue weighted by atomic mass is 9.97. The zero-order valence-electron chi connectivity index (χ0n) is 11.3. The summed E-state index contributed by atoms with van der Waals surface area (Å²) < 4.78 is 15.9. The lowest BCUT2D eigenvalue weighted by molar-refractivity contribution is 0.238. The number of anilines is 1. The van der Waals surface area contributed by atoms with Gasteiger partial charge >= 0.3 is 0 Å². The van der Waals surface area contributed by atoms with Crippen LogP contribution >= 0.6 is 0 Å². The predicted molar refractivity (Wildman–Crippen MR) is 72.2 cm³/mol. The summed E-state index contributed by atoms with van der Waals surface area (Å²) in [5.41, 5.74) is 3.33. The van der Waals surface area contributed by atoms with E-state index in [4.69, 9.17) is 14.2 Å². The van der Waals surface area contributed by atoms with Crippen molar-refractivity contribution in [1.29, 1.82) is 0 Å². The first-order valence-corrected chi connectivity index (χ1v) is 7.21. The number of hydrogen-bond donors (Lipinski definition) is 1. The lowest BCUT2D eigenvalue weighted by Crippen LogP contribution is -2.25. The van der Waals surface area contributed by atoms with Crippen molar-refractivity contribution in [3.8, 4) is 0 Å². The molecule has 3 fully saturated rings. The highest BCUT2D eigenvalue weighted by Crippen LogP contribution is 2.31. The zero-order valence-corrected chi connectivity index (χ0v) is 11.3. The first kappa shape index (κ1) is 12.6. The van der Waals surface area contributed by atoms with Gasteiger partial charge in [-0.05, 0) is 17.2 Å². The Morgan fingerprint density at radius 2 is 1.65 bits per heavy atom. The Morgan fingerprint density at radius 3 is 2.30 bits per heavy atom. The molecule has 3 atom stereocenters. The quantitative estimate of drug-likeness (QED) is 0.598. The van der Waals surface area contributed by atoms with Crippen LogP contribution in [0.2, 0.25) is 0 Å². The van der Waals surface area contributed by atoms with E-state index in [1.54, 1.807) is 0 Å². The van der Waals surface area contributed by atoms with Gasteiger partial charge in [0.15, 0.2) is 0 Å². The minimum atomic E-state index is 0.167. The van der Waals surface area contributed by atoms with Crippen molar-refractivity contribution >= 4 is 5.69 Å². The molecular weight excluding hydrogens is 258 g/mol. The van der Waals surface area contributed by atoms with E-state index in [0.717, 1.165) is 38.3 Å². The molecule has 0 saturated carbocycles. The molecule has 3 heterocycles. The highest BCUT2D eigenvalue weighted by Gasteiger charge is 2.31. The fourth-order valence-electron chi connectivity index (χ4n) is 2.60. The standard InChI is InChI=1S/C15H19NO4/c17-16(6-13-9-20-13)15-3-1-2-10(4-11-7-18-11)14(15)5-12-8-19-12/h1-3,11-13,17H,4-9H2. The maximum atomic E-state index is 10.3. The van der Waals surface area contributed by atoms with Crippen LogP contribution in [0.4, 0.5) is 5.69 Å². The minimum Gasteiger partial charge on any atom is -0.373 e. The van der Waals surface area contributed by atoms with Gasteiger partial charge in [-0.3, -0.25) is 10.3 Å². The molecule has 3 unspecified atom stereocenters. The Bertz CT molecular complexity index is 495. The van der Waals surface area contributed by atoms with E-state index in [1.807, 2.05) is 12.1 Å². The molecule has 5 heteroatoms. The SMILES string of the molecule is ON(CC1CO1)c1cccc(CC2CO2)c1CC1CO1. The number of benzene rings is 1. The molecule has 3 aliphatic rings. The topological polar surface area (TPSA) is 61.1 Å². The molecule has 0 amide bonds. The van der Waals surface area contributed by atoms with Crippen molar-refractivity contribution in [2.45, 2.75) is 31.2 Å². The molecule has 0 spiro atoms. The van der Waals surface area contributed by atoms with Crippen LogP contribution in [0.3, 0.4) is 0 Å². The van der Waals surface area contributed by atoms with Crippen LogP contribution < -0.4 is 5.06 Å². The summed E-state index contributed by atoms with van der Waals surface area (Å²) in [5.74, 6) is 0. The van der Waals surface area contributed by atoms with E-state index in [2.05, 4.69) is 6.07 Å². The van der Waals surface area contributed by atoms with Crippen LogP contribution in [0.5, 0.6) is 0 Å². The minimum absolute atomic E-state index is 0.167. The second-order valence-electron chi connectivity index (χ2n) is 5.77.